The van der Waals surface area contributed by atoms with Crippen LogP contribution in [-0.4, -0.2) is 17.5 Å². The molecule has 1 aromatic rings. The van der Waals surface area contributed by atoms with Gasteiger partial charge in [-0.05, 0) is 58.2 Å². The van der Waals surface area contributed by atoms with Crippen molar-refractivity contribution in [2.75, 3.05) is 0 Å². The fraction of sp³-hybridized carbons (Fsp3) is 0.562. The summed E-state index contributed by atoms with van der Waals surface area (Å²) in [4.78, 5) is 12.3. The van der Waals surface area contributed by atoms with Crippen LogP contribution in [0, 0.1) is 13.8 Å². The number of carbonyl (C=O) groups excluding carboxylic acids is 1. The Morgan fingerprint density at radius 1 is 1.28 bits per heavy atom. The molecule has 0 saturated heterocycles. The van der Waals surface area contributed by atoms with E-state index in [9.17, 15) is 4.79 Å². The van der Waals surface area contributed by atoms with Crippen molar-refractivity contribution in [3.05, 3.63) is 34.9 Å². The smallest absolute Gasteiger partial charge is 0.191 e. The zero-order valence-corrected chi connectivity index (χ0v) is 12.3. The van der Waals surface area contributed by atoms with Crippen LogP contribution in [0.1, 0.15) is 55.6 Å². The van der Waals surface area contributed by atoms with Gasteiger partial charge in [0.25, 0.3) is 0 Å². The van der Waals surface area contributed by atoms with E-state index in [1.165, 1.54) is 5.56 Å². The molecule has 0 aliphatic rings. The van der Waals surface area contributed by atoms with Crippen LogP contribution in [0.3, 0.4) is 0 Å². The standard InChI is InChI=1S/C16H24O2/c1-7-16(5,6)18-13(4)15(17)14-9-8-11(2)12(3)10-14/h8-10,13H,7H2,1-6H3. The Hall–Kier alpha value is -1.15. The largest absolute Gasteiger partial charge is 0.364 e. The minimum Gasteiger partial charge on any atom is -0.364 e. The molecular formula is C16H24O2. The van der Waals surface area contributed by atoms with E-state index in [0.717, 1.165) is 17.5 Å². The second kappa shape index (κ2) is 5.66. The van der Waals surface area contributed by atoms with E-state index in [1.54, 1.807) is 0 Å². The SMILES string of the molecule is CCC(C)(C)OC(C)C(=O)c1ccc(C)c(C)c1. The normalized spacial score (nSPS) is 13.4. The number of Topliss-reactive ketones (excluding diaryl/α,β-unsaturated/α-hetero) is 1. The second-order valence-electron chi connectivity index (χ2n) is 5.54. The van der Waals surface area contributed by atoms with Gasteiger partial charge in [0.2, 0.25) is 0 Å². The molecule has 0 fully saturated rings. The summed E-state index contributed by atoms with van der Waals surface area (Å²) in [5.74, 6) is 0.0552. The van der Waals surface area contributed by atoms with Crippen molar-refractivity contribution >= 4 is 5.78 Å². The Bertz CT molecular complexity index is 433. The Morgan fingerprint density at radius 3 is 2.39 bits per heavy atom. The lowest BCUT2D eigenvalue weighted by Crippen LogP contribution is -2.33. The summed E-state index contributed by atoms with van der Waals surface area (Å²) in [6, 6.07) is 5.81. The first-order chi connectivity index (χ1) is 8.26. The van der Waals surface area contributed by atoms with Crippen LogP contribution in [0.5, 0.6) is 0 Å². The highest BCUT2D eigenvalue weighted by Gasteiger charge is 2.24. The van der Waals surface area contributed by atoms with Crippen molar-refractivity contribution in [2.24, 2.45) is 0 Å². The minimum absolute atomic E-state index is 0.0552. The number of ketones is 1. The molecule has 0 saturated carbocycles. The van der Waals surface area contributed by atoms with Crippen LogP contribution in [0.4, 0.5) is 0 Å². The molecule has 2 nitrogen and oxygen atoms in total. The lowest BCUT2D eigenvalue weighted by atomic mass is 10.0. The van der Waals surface area contributed by atoms with Crippen molar-refractivity contribution in [3.8, 4) is 0 Å². The van der Waals surface area contributed by atoms with Gasteiger partial charge < -0.3 is 4.74 Å². The maximum atomic E-state index is 12.3. The molecule has 1 atom stereocenters. The first kappa shape index (κ1) is 14.9. The van der Waals surface area contributed by atoms with E-state index in [1.807, 2.05) is 52.8 Å². The van der Waals surface area contributed by atoms with Gasteiger partial charge in [0, 0.05) is 5.56 Å². The molecule has 18 heavy (non-hydrogen) atoms. The van der Waals surface area contributed by atoms with E-state index in [0.29, 0.717) is 0 Å². The van der Waals surface area contributed by atoms with E-state index in [4.69, 9.17) is 4.74 Å². The third-order valence-corrected chi connectivity index (χ3v) is 3.51. The summed E-state index contributed by atoms with van der Waals surface area (Å²) >= 11 is 0. The average molecular weight is 248 g/mol. The highest BCUT2D eigenvalue weighted by molar-refractivity contribution is 5.99. The molecule has 1 aromatic carbocycles. The number of hydrogen-bond donors (Lipinski definition) is 0. The zero-order valence-electron chi connectivity index (χ0n) is 12.3. The monoisotopic (exact) mass is 248 g/mol. The molecule has 1 rings (SSSR count). The number of benzene rings is 1. The predicted molar refractivity (Wildman–Crippen MR) is 75.2 cm³/mol. The number of ether oxygens (including phenoxy) is 1. The predicted octanol–water partition coefficient (Wildman–Crippen LogP) is 4.08. The fourth-order valence-electron chi connectivity index (χ4n) is 1.74. The molecule has 0 spiro atoms. The van der Waals surface area contributed by atoms with Gasteiger partial charge in [-0.25, -0.2) is 0 Å². The summed E-state index contributed by atoms with van der Waals surface area (Å²) in [6.07, 6.45) is 0.486. The van der Waals surface area contributed by atoms with Crippen LogP contribution < -0.4 is 0 Å². The molecule has 0 aliphatic heterocycles. The molecule has 2 heteroatoms. The molecule has 0 heterocycles. The van der Waals surface area contributed by atoms with Gasteiger partial charge in [0.05, 0.1) is 5.60 Å². The minimum atomic E-state index is -0.401. The van der Waals surface area contributed by atoms with Crippen LogP contribution >= 0.6 is 0 Å². The average Bonchev–Trinajstić information content (AvgIpc) is 2.31. The van der Waals surface area contributed by atoms with Crippen molar-refractivity contribution in [1.29, 1.82) is 0 Å². The van der Waals surface area contributed by atoms with E-state index in [2.05, 4.69) is 6.92 Å². The molecule has 0 radical (unpaired) electrons. The molecule has 0 aromatic heterocycles. The van der Waals surface area contributed by atoms with Crippen molar-refractivity contribution in [2.45, 2.75) is 59.7 Å². The molecule has 0 amide bonds. The lowest BCUT2D eigenvalue weighted by molar-refractivity contribution is -0.0517. The van der Waals surface area contributed by atoms with Gasteiger partial charge in [-0.15, -0.1) is 0 Å². The van der Waals surface area contributed by atoms with Crippen molar-refractivity contribution < 1.29 is 9.53 Å². The quantitative estimate of drug-likeness (QED) is 0.734. The topological polar surface area (TPSA) is 26.3 Å². The third kappa shape index (κ3) is 3.67. The highest BCUT2D eigenvalue weighted by Crippen LogP contribution is 2.19. The molecular weight excluding hydrogens is 224 g/mol. The fourth-order valence-corrected chi connectivity index (χ4v) is 1.74. The van der Waals surface area contributed by atoms with Crippen LogP contribution in [0.2, 0.25) is 0 Å². The lowest BCUT2D eigenvalue weighted by Gasteiger charge is -2.27. The van der Waals surface area contributed by atoms with Gasteiger partial charge in [0.15, 0.2) is 5.78 Å². The second-order valence-corrected chi connectivity index (χ2v) is 5.54. The first-order valence-electron chi connectivity index (χ1n) is 6.56. The summed E-state index contributed by atoms with van der Waals surface area (Å²) in [5.41, 5.74) is 2.82. The van der Waals surface area contributed by atoms with Gasteiger partial charge >= 0.3 is 0 Å². The van der Waals surface area contributed by atoms with Crippen LogP contribution in [0.25, 0.3) is 0 Å². The van der Waals surface area contributed by atoms with Crippen molar-refractivity contribution in [1.82, 2.24) is 0 Å². The molecule has 0 aliphatic carbocycles. The van der Waals surface area contributed by atoms with Crippen LogP contribution in [-0.2, 0) is 4.74 Å². The molecule has 100 valence electrons. The number of hydrogen-bond acceptors (Lipinski definition) is 2. The summed E-state index contributed by atoms with van der Waals surface area (Å²) in [6.45, 7) is 12.0. The van der Waals surface area contributed by atoms with E-state index in [-0.39, 0.29) is 11.4 Å². The Kier molecular flexibility index (Phi) is 4.69. The Labute approximate surface area is 110 Å². The van der Waals surface area contributed by atoms with E-state index >= 15 is 0 Å². The van der Waals surface area contributed by atoms with Crippen LogP contribution in [0.15, 0.2) is 18.2 Å². The molecule has 1 unspecified atom stereocenters. The number of rotatable bonds is 5. The van der Waals surface area contributed by atoms with E-state index < -0.39 is 6.10 Å². The number of aryl methyl sites for hydroxylation is 2. The van der Waals surface area contributed by atoms with Gasteiger partial charge in [-0.2, -0.15) is 0 Å². The van der Waals surface area contributed by atoms with Gasteiger partial charge in [0.1, 0.15) is 6.10 Å². The Morgan fingerprint density at radius 2 is 1.89 bits per heavy atom. The van der Waals surface area contributed by atoms with Gasteiger partial charge in [-0.1, -0.05) is 19.1 Å². The third-order valence-electron chi connectivity index (χ3n) is 3.51. The highest BCUT2D eigenvalue weighted by atomic mass is 16.5. The number of carbonyl (C=O) groups is 1. The molecule has 0 bridgehead atoms. The Balaban J connectivity index is 2.83. The first-order valence-corrected chi connectivity index (χ1v) is 6.56. The molecule has 0 N–H and O–H groups in total. The zero-order chi connectivity index (χ0) is 13.9. The van der Waals surface area contributed by atoms with Crippen molar-refractivity contribution in [3.63, 3.8) is 0 Å². The maximum Gasteiger partial charge on any atom is 0.191 e. The maximum absolute atomic E-state index is 12.3. The summed E-state index contributed by atoms with van der Waals surface area (Å²) in [5, 5.41) is 0. The summed E-state index contributed by atoms with van der Waals surface area (Å²) in [7, 11) is 0. The summed E-state index contributed by atoms with van der Waals surface area (Å²) < 4.78 is 5.82. The van der Waals surface area contributed by atoms with Gasteiger partial charge in [-0.3, -0.25) is 4.79 Å².